The van der Waals surface area contributed by atoms with Crippen molar-refractivity contribution >= 4 is 21.6 Å². The molecule has 0 aromatic heterocycles. The van der Waals surface area contributed by atoms with Crippen LogP contribution in [0.25, 0.3) is 0 Å². The van der Waals surface area contributed by atoms with Crippen LogP contribution < -0.4 is 24.8 Å². The maximum absolute atomic E-state index is 12.5. The van der Waals surface area contributed by atoms with Crippen molar-refractivity contribution in [1.82, 2.24) is 10.0 Å². The maximum Gasteiger partial charge on any atom is 0.251 e. The fourth-order valence-electron chi connectivity index (χ4n) is 3.54. The SMILES string of the molecule is O=C(NCc1ccc2c(c1)OCO2)c1ccc(C2Nc3ccccc3S(=O)(=O)N2)cc1. The summed E-state index contributed by atoms with van der Waals surface area (Å²) in [4.78, 5) is 12.7. The van der Waals surface area contributed by atoms with E-state index in [4.69, 9.17) is 9.47 Å². The molecule has 158 valence electrons. The number of amides is 1. The molecule has 3 aromatic rings. The van der Waals surface area contributed by atoms with E-state index in [0.717, 1.165) is 5.56 Å². The van der Waals surface area contributed by atoms with Gasteiger partial charge in [-0.05, 0) is 47.5 Å². The van der Waals surface area contributed by atoms with Crippen molar-refractivity contribution in [2.75, 3.05) is 12.1 Å². The molecule has 3 N–H and O–H groups in total. The lowest BCUT2D eigenvalue weighted by atomic mass is 10.1. The number of ether oxygens (including phenoxy) is 2. The lowest BCUT2D eigenvalue weighted by Gasteiger charge is -2.28. The summed E-state index contributed by atoms with van der Waals surface area (Å²) in [6.45, 7) is 0.549. The number of benzene rings is 3. The Morgan fingerprint density at radius 2 is 1.77 bits per heavy atom. The van der Waals surface area contributed by atoms with Gasteiger partial charge in [-0.2, -0.15) is 4.72 Å². The monoisotopic (exact) mass is 437 g/mol. The molecule has 0 spiro atoms. The number of carbonyl (C=O) groups excluding carboxylic acids is 1. The van der Waals surface area contributed by atoms with Crippen molar-refractivity contribution in [3.05, 3.63) is 83.4 Å². The summed E-state index contributed by atoms with van der Waals surface area (Å²) in [6.07, 6.45) is -0.620. The minimum absolute atomic E-state index is 0.203. The molecule has 2 heterocycles. The average Bonchev–Trinajstić information content (AvgIpc) is 3.25. The van der Waals surface area contributed by atoms with Crippen molar-refractivity contribution in [2.45, 2.75) is 17.6 Å². The van der Waals surface area contributed by atoms with Gasteiger partial charge in [0.15, 0.2) is 11.5 Å². The number of nitrogens with one attached hydrogen (secondary N) is 3. The molecule has 0 fully saturated rings. The van der Waals surface area contributed by atoms with Gasteiger partial charge in [-0.25, -0.2) is 8.42 Å². The van der Waals surface area contributed by atoms with Gasteiger partial charge >= 0.3 is 0 Å². The van der Waals surface area contributed by atoms with Crippen LogP contribution in [0.4, 0.5) is 5.69 Å². The molecule has 3 aromatic carbocycles. The molecule has 1 amide bonds. The van der Waals surface area contributed by atoms with E-state index >= 15 is 0 Å². The first-order valence-corrected chi connectivity index (χ1v) is 11.1. The zero-order chi connectivity index (χ0) is 21.4. The van der Waals surface area contributed by atoms with E-state index in [-0.39, 0.29) is 17.6 Å². The van der Waals surface area contributed by atoms with Crippen LogP contribution in [-0.2, 0) is 16.6 Å². The topological polar surface area (TPSA) is 106 Å². The highest BCUT2D eigenvalue weighted by atomic mass is 32.2. The van der Waals surface area contributed by atoms with Gasteiger partial charge in [0.2, 0.25) is 16.8 Å². The van der Waals surface area contributed by atoms with E-state index < -0.39 is 16.2 Å². The summed E-state index contributed by atoms with van der Waals surface area (Å²) >= 11 is 0. The van der Waals surface area contributed by atoms with E-state index in [0.29, 0.717) is 34.9 Å². The average molecular weight is 437 g/mol. The predicted molar refractivity (Wildman–Crippen MR) is 113 cm³/mol. The fraction of sp³-hybridized carbons (Fsp3) is 0.136. The second-order valence-corrected chi connectivity index (χ2v) is 8.87. The molecular formula is C22H19N3O5S. The van der Waals surface area contributed by atoms with Gasteiger partial charge < -0.3 is 20.1 Å². The summed E-state index contributed by atoms with van der Waals surface area (Å²) in [5.41, 5.74) is 2.61. The van der Waals surface area contributed by atoms with Crippen LogP contribution in [0.3, 0.4) is 0 Å². The van der Waals surface area contributed by atoms with E-state index in [1.165, 1.54) is 0 Å². The molecule has 9 heteroatoms. The summed E-state index contributed by atoms with van der Waals surface area (Å²) in [6, 6.07) is 19.0. The lowest BCUT2D eigenvalue weighted by Crippen LogP contribution is -2.38. The highest BCUT2D eigenvalue weighted by Gasteiger charge is 2.29. The molecule has 0 saturated carbocycles. The van der Waals surface area contributed by atoms with Crippen molar-refractivity contribution in [2.24, 2.45) is 0 Å². The third-order valence-electron chi connectivity index (χ3n) is 5.15. The molecular weight excluding hydrogens is 418 g/mol. The second kappa shape index (κ2) is 7.60. The molecule has 8 nitrogen and oxygen atoms in total. The number of para-hydroxylation sites is 1. The van der Waals surface area contributed by atoms with E-state index in [1.807, 2.05) is 18.2 Å². The number of hydrogen-bond donors (Lipinski definition) is 3. The molecule has 2 aliphatic heterocycles. The summed E-state index contributed by atoms with van der Waals surface area (Å²) in [5, 5.41) is 6.04. The molecule has 31 heavy (non-hydrogen) atoms. The number of anilines is 1. The van der Waals surface area contributed by atoms with Gasteiger partial charge in [0, 0.05) is 12.1 Å². The van der Waals surface area contributed by atoms with E-state index in [2.05, 4.69) is 15.4 Å². The van der Waals surface area contributed by atoms with E-state index in [9.17, 15) is 13.2 Å². The Morgan fingerprint density at radius 3 is 2.61 bits per heavy atom. The molecule has 1 unspecified atom stereocenters. The van der Waals surface area contributed by atoms with Crippen LogP contribution in [0.2, 0.25) is 0 Å². The molecule has 1 atom stereocenters. The van der Waals surface area contributed by atoms with Crippen LogP contribution >= 0.6 is 0 Å². The largest absolute Gasteiger partial charge is 0.454 e. The minimum Gasteiger partial charge on any atom is -0.454 e. The summed E-state index contributed by atoms with van der Waals surface area (Å²) in [7, 11) is -3.62. The first-order valence-electron chi connectivity index (χ1n) is 9.64. The first-order chi connectivity index (χ1) is 15.0. The third kappa shape index (κ3) is 3.80. The Morgan fingerprint density at radius 1 is 1.00 bits per heavy atom. The molecule has 0 aliphatic carbocycles. The lowest BCUT2D eigenvalue weighted by molar-refractivity contribution is 0.0950. The van der Waals surface area contributed by atoms with Crippen molar-refractivity contribution in [3.63, 3.8) is 0 Å². The Kier molecular flexibility index (Phi) is 4.76. The Balaban J connectivity index is 1.26. The molecule has 0 radical (unpaired) electrons. The van der Waals surface area contributed by atoms with E-state index in [1.54, 1.807) is 48.5 Å². The van der Waals surface area contributed by atoms with Crippen LogP contribution in [-0.4, -0.2) is 21.1 Å². The highest BCUT2D eigenvalue weighted by molar-refractivity contribution is 7.89. The number of fused-ring (bicyclic) bond motifs is 2. The van der Waals surface area contributed by atoms with Crippen LogP contribution in [0, 0.1) is 0 Å². The highest BCUT2D eigenvalue weighted by Crippen LogP contribution is 2.33. The summed E-state index contributed by atoms with van der Waals surface area (Å²) in [5.74, 6) is 1.13. The van der Waals surface area contributed by atoms with Gasteiger partial charge in [-0.1, -0.05) is 30.3 Å². The predicted octanol–water partition coefficient (Wildman–Crippen LogP) is 2.75. The van der Waals surface area contributed by atoms with Gasteiger partial charge in [-0.3, -0.25) is 4.79 Å². The number of sulfonamides is 1. The van der Waals surface area contributed by atoms with Crippen molar-refractivity contribution < 1.29 is 22.7 Å². The van der Waals surface area contributed by atoms with Crippen molar-refractivity contribution in [1.29, 1.82) is 0 Å². The fourth-order valence-corrected chi connectivity index (χ4v) is 4.84. The van der Waals surface area contributed by atoms with Gasteiger partial charge in [0.05, 0.1) is 5.69 Å². The number of hydrogen-bond acceptors (Lipinski definition) is 6. The zero-order valence-corrected chi connectivity index (χ0v) is 17.1. The van der Waals surface area contributed by atoms with Crippen LogP contribution in [0.15, 0.2) is 71.6 Å². The van der Waals surface area contributed by atoms with Gasteiger partial charge in [0.1, 0.15) is 11.1 Å². The standard InChI is InChI=1S/C22H19N3O5S/c26-22(23-12-14-5-10-18-19(11-14)30-13-29-18)16-8-6-15(7-9-16)21-24-17-3-1-2-4-20(17)31(27,28)25-21/h1-11,21,24-25H,12-13H2,(H,23,26). The molecule has 2 aliphatic rings. The van der Waals surface area contributed by atoms with Crippen LogP contribution in [0.1, 0.15) is 27.7 Å². The van der Waals surface area contributed by atoms with Crippen molar-refractivity contribution in [3.8, 4) is 11.5 Å². The maximum atomic E-state index is 12.5. The Bertz CT molecular complexity index is 1260. The molecule has 0 saturated heterocycles. The zero-order valence-electron chi connectivity index (χ0n) is 16.3. The van der Waals surface area contributed by atoms with Gasteiger partial charge in [-0.15, -0.1) is 0 Å². The number of carbonyl (C=O) groups is 1. The second-order valence-electron chi connectivity index (χ2n) is 7.19. The first kappa shape index (κ1) is 19.4. The quantitative estimate of drug-likeness (QED) is 0.580. The molecule has 5 rings (SSSR count). The normalized spacial score (nSPS) is 18.0. The van der Waals surface area contributed by atoms with Crippen LogP contribution in [0.5, 0.6) is 11.5 Å². The third-order valence-corrected chi connectivity index (χ3v) is 6.63. The Hall–Kier alpha value is -3.56. The number of rotatable bonds is 4. The minimum atomic E-state index is -3.62. The van der Waals surface area contributed by atoms with Gasteiger partial charge in [0.25, 0.3) is 5.91 Å². The molecule has 0 bridgehead atoms. The summed E-state index contributed by atoms with van der Waals surface area (Å²) < 4.78 is 38.2. The Labute approximate surface area is 179 Å². The smallest absolute Gasteiger partial charge is 0.251 e.